The molecule has 18 heavy (non-hydrogen) atoms. The number of methoxy groups -OCH3 is 1. The fourth-order valence-electron chi connectivity index (χ4n) is 1.58. The highest BCUT2D eigenvalue weighted by molar-refractivity contribution is 9.10. The van der Waals surface area contributed by atoms with Crippen LogP contribution in [0, 0.1) is 0 Å². The molecule has 0 aliphatic carbocycles. The van der Waals surface area contributed by atoms with E-state index in [9.17, 15) is 0 Å². The highest BCUT2D eigenvalue weighted by Gasteiger charge is 2.05. The molecule has 2 rings (SSSR count). The SMILES string of the molecule is COc1ccc(CN(C)c2ncc(Br)cn2)cc1. The number of rotatable bonds is 4. The number of hydrogen-bond donors (Lipinski definition) is 0. The molecule has 0 aliphatic rings. The van der Waals surface area contributed by atoms with Crippen LogP contribution in [0.3, 0.4) is 0 Å². The van der Waals surface area contributed by atoms with E-state index in [0.717, 1.165) is 16.8 Å². The summed E-state index contributed by atoms with van der Waals surface area (Å²) in [7, 11) is 3.63. The molecule has 0 saturated carbocycles. The van der Waals surface area contributed by atoms with Gasteiger partial charge in [-0.25, -0.2) is 9.97 Å². The van der Waals surface area contributed by atoms with Crippen molar-refractivity contribution in [2.75, 3.05) is 19.1 Å². The third-order valence-electron chi connectivity index (χ3n) is 2.53. The van der Waals surface area contributed by atoms with Gasteiger partial charge in [0.2, 0.25) is 5.95 Å². The molecule has 4 nitrogen and oxygen atoms in total. The third-order valence-corrected chi connectivity index (χ3v) is 2.94. The van der Waals surface area contributed by atoms with Crippen molar-refractivity contribution in [2.24, 2.45) is 0 Å². The lowest BCUT2D eigenvalue weighted by molar-refractivity contribution is 0.414. The predicted molar refractivity (Wildman–Crippen MR) is 74.8 cm³/mol. The maximum atomic E-state index is 5.13. The quantitative estimate of drug-likeness (QED) is 0.870. The summed E-state index contributed by atoms with van der Waals surface area (Å²) >= 11 is 3.32. The molecule has 94 valence electrons. The smallest absolute Gasteiger partial charge is 0.225 e. The summed E-state index contributed by atoms with van der Waals surface area (Å²) < 4.78 is 6.01. The van der Waals surface area contributed by atoms with Gasteiger partial charge in [0.15, 0.2) is 0 Å². The zero-order chi connectivity index (χ0) is 13.0. The van der Waals surface area contributed by atoms with Gasteiger partial charge in [-0.1, -0.05) is 12.1 Å². The monoisotopic (exact) mass is 307 g/mol. The molecule has 0 unspecified atom stereocenters. The van der Waals surface area contributed by atoms with Crippen LogP contribution in [0.5, 0.6) is 5.75 Å². The first-order valence-corrected chi connectivity index (χ1v) is 6.30. The Morgan fingerprint density at radius 2 is 1.78 bits per heavy atom. The van der Waals surface area contributed by atoms with Crippen LogP contribution in [0.4, 0.5) is 5.95 Å². The Labute approximate surface area is 115 Å². The Bertz CT molecular complexity index is 499. The van der Waals surface area contributed by atoms with E-state index in [0.29, 0.717) is 5.95 Å². The second-order valence-electron chi connectivity index (χ2n) is 3.91. The van der Waals surface area contributed by atoms with E-state index < -0.39 is 0 Å². The molecule has 0 N–H and O–H groups in total. The number of ether oxygens (including phenoxy) is 1. The van der Waals surface area contributed by atoms with Crippen LogP contribution in [0.25, 0.3) is 0 Å². The first-order chi connectivity index (χ1) is 8.69. The minimum Gasteiger partial charge on any atom is -0.497 e. The topological polar surface area (TPSA) is 38.2 Å². The summed E-state index contributed by atoms with van der Waals surface area (Å²) in [6.07, 6.45) is 3.49. The highest BCUT2D eigenvalue weighted by atomic mass is 79.9. The van der Waals surface area contributed by atoms with Crippen LogP contribution in [-0.2, 0) is 6.54 Å². The van der Waals surface area contributed by atoms with Crippen LogP contribution in [0.1, 0.15) is 5.56 Å². The molecule has 5 heteroatoms. The number of hydrogen-bond acceptors (Lipinski definition) is 4. The summed E-state index contributed by atoms with van der Waals surface area (Å²) in [6, 6.07) is 7.97. The van der Waals surface area contributed by atoms with Crippen molar-refractivity contribution < 1.29 is 4.74 Å². The summed E-state index contributed by atoms with van der Waals surface area (Å²) in [5, 5.41) is 0. The fourth-order valence-corrected chi connectivity index (χ4v) is 1.78. The summed E-state index contributed by atoms with van der Waals surface area (Å²) in [4.78, 5) is 10.5. The van der Waals surface area contributed by atoms with Crippen molar-refractivity contribution in [3.05, 3.63) is 46.7 Å². The van der Waals surface area contributed by atoms with E-state index in [1.54, 1.807) is 19.5 Å². The Morgan fingerprint density at radius 3 is 2.33 bits per heavy atom. The minimum atomic E-state index is 0.703. The van der Waals surface area contributed by atoms with E-state index in [1.807, 2.05) is 36.2 Å². The van der Waals surface area contributed by atoms with Crippen LogP contribution < -0.4 is 9.64 Å². The van der Waals surface area contributed by atoms with Crippen molar-refractivity contribution in [1.82, 2.24) is 9.97 Å². The zero-order valence-corrected chi connectivity index (χ0v) is 11.9. The van der Waals surface area contributed by atoms with Crippen LogP contribution >= 0.6 is 15.9 Å². The molecule has 1 heterocycles. The number of nitrogens with zero attached hydrogens (tertiary/aromatic N) is 3. The van der Waals surface area contributed by atoms with Gasteiger partial charge in [0.05, 0.1) is 11.6 Å². The molecule has 0 atom stereocenters. The molecule has 0 spiro atoms. The number of aromatic nitrogens is 2. The lowest BCUT2D eigenvalue weighted by Gasteiger charge is -2.16. The molecule has 0 radical (unpaired) electrons. The molecule has 0 saturated heterocycles. The first kappa shape index (κ1) is 12.8. The molecular formula is C13H14BrN3O. The van der Waals surface area contributed by atoms with Crippen molar-refractivity contribution in [3.8, 4) is 5.75 Å². The Kier molecular flexibility index (Phi) is 4.15. The van der Waals surface area contributed by atoms with Crippen molar-refractivity contribution in [1.29, 1.82) is 0 Å². The lowest BCUT2D eigenvalue weighted by atomic mass is 10.2. The number of anilines is 1. The van der Waals surface area contributed by atoms with Crippen LogP contribution in [-0.4, -0.2) is 24.1 Å². The van der Waals surface area contributed by atoms with E-state index in [4.69, 9.17) is 4.74 Å². The standard InChI is InChI=1S/C13H14BrN3O/c1-17(13-15-7-11(14)8-16-13)9-10-3-5-12(18-2)6-4-10/h3-8H,9H2,1-2H3. The second-order valence-corrected chi connectivity index (χ2v) is 4.82. The van der Waals surface area contributed by atoms with Gasteiger partial charge in [0.1, 0.15) is 5.75 Å². The second kappa shape index (κ2) is 5.82. The Hall–Kier alpha value is -1.62. The number of benzene rings is 1. The van der Waals surface area contributed by atoms with Crippen molar-refractivity contribution in [2.45, 2.75) is 6.54 Å². The third kappa shape index (κ3) is 3.20. The first-order valence-electron chi connectivity index (χ1n) is 5.50. The van der Waals surface area contributed by atoms with Gasteiger partial charge in [-0.15, -0.1) is 0 Å². The Balaban J connectivity index is 2.05. The fraction of sp³-hybridized carbons (Fsp3) is 0.231. The van der Waals surface area contributed by atoms with Crippen molar-refractivity contribution >= 4 is 21.9 Å². The minimum absolute atomic E-state index is 0.703. The molecule has 0 fully saturated rings. The van der Waals surface area contributed by atoms with Gasteiger partial charge in [0.25, 0.3) is 0 Å². The van der Waals surface area contributed by atoms with Crippen LogP contribution in [0.15, 0.2) is 41.1 Å². The van der Waals surface area contributed by atoms with Gasteiger partial charge in [0, 0.05) is 26.0 Å². The summed E-state index contributed by atoms with van der Waals surface area (Å²) in [5.74, 6) is 1.57. The average molecular weight is 308 g/mol. The van der Waals surface area contributed by atoms with Gasteiger partial charge in [-0.3, -0.25) is 0 Å². The zero-order valence-electron chi connectivity index (χ0n) is 10.3. The predicted octanol–water partition coefficient (Wildman–Crippen LogP) is 2.88. The molecule has 0 bridgehead atoms. The molecule has 0 amide bonds. The number of halogens is 1. The van der Waals surface area contributed by atoms with Crippen molar-refractivity contribution in [3.63, 3.8) is 0 Å². The highest BCUT2D eigenvalue weighted by Crippen LogP contribution is 2.15. The van der Waals surface area contributed by atoms with Gasteiger partial charge >= 0.3 is 0 Å². The summed E-state index contributed by atoms with van der Waals surface area (Å²) in [6.45, 7) is 0.756. The largest absolute Gasteiger partial charge is 0.497 e. The van der Waals surface area contributed by atoms with E-state index >= 15 is 0 Å². The molecular weight excluding hydrogens is 294 g/mol. The molecule has 0 aliphatic heterocycles. The Morgan fingerprint density at radius 1 is 1.17 bits per heavy atom. The van der Waals surface area contributed by atoms with Gasteiger partial charge in [-0.2, -0.15) is 0 Å². The normalized spacial score (nSPS) is 10.2. The molecule has 1 aromatic carbocycles. The van der Waals surface area contributed by atoms with Crippen LogP contribution in [0.2, 0.25) is 0 Å². The molecule has 1 aromatic heterocycles. The van der Waals surface area contributed by atoms with E-state index in [-0.39, 0.29) is 0 Å². The van der Waals surface area contributed by atoms with E-state index in [1.165, 1.54) is 5.56 Å². The molecule has 2 aromatic rings. The van der Waals surface area contributed by atoms with Gasteiger partial charge < -0.3 is 9.64 Å². The average Bonchev–Trinajstić information content (AvgIpc) is 2.40. The maximum Gasteiger partial charge on any atom is 0.225 e. The van der Waals surface area contributed by atoms with Gasteiger partial charge in [-0.05, 0) is 33.6 Å². The van der Waals surface area contributed by atoms with E-state index in [2.05, 4.69) is 25.9 Å². The summed E-state index contributed by atoms with van der Waals surface area (Å²) in [5.41, 5.74) is 1.19. The maximum absolute atomic E-state index is 5.13. The lowest BCUT2D eigenvalue weighted by Crippen LogP contribution is -2.18.